The van der Waals surface area contributed by atoms with Crippen molar-refractivity contribution in [3.8, 4) is 0 Å². The number of anilines is 2. The number of carbonyl (C=O) groups is 1. The molecule has 8 nitrogen and oxygen atoms in total. The molecule has 3 aliphatic rings. The summed E-state index contributed by atoms with van der Waals surface area (Å²) in [6, 6.07) is 1.70. The van der Waals surface area contributed by atoms with Crippen LogP contribution in [0.5, 0.6) is 0 Å². The van der Waals surface area contributed by atoms with Crippen LogP contribution in [-0.2, 0) is 4.79 Å². The minimum atomic E-state index is -0.593. The van der Waals surface area contributed by atoms with E-state index in [-0.39, 0.29) is 11.9 Å². The lowest BCUT2D eigenvalue weighted by atomic mass is 9.74. The normalized spacial score (nSPS) is 26.3. The van der Waals surface area contributed by atoms with Gasteiger partial charge in [0.2, 0.25) is 17.8 Å². The first-order chi connectivity index (χ1) is 14.2. The van der Waals surface area contributed by atoms with Gasteiger partial charge in [0, 0.05) is 38.6 Å². The summed E-state index contributed by atoms with van der Waals surface area (Å²) in [5.41, 5.74) is -0.593. The summed E-state index contributed by atoms with van der Waals surface area (Å²) in [5, 5.41) is 3.20. The highest BCUT2D eigenvalue weighted by Gasteiger charge is 2.57. The summed E-state index contributed by atoms with van der Waals surface area (Å²) in [4.78, 5) is 34.7. The third-order valence-corrected chi connectivity index (χ3v) is 6.30. The maximum absolute atomic E-state index is 13.4. The first kappa shape index (κ1) is 18.2. The maximum atomic E-state index is 13.4. The Kier molecular flexibility index (Phi) is 4.52. The number of nitrogens with zero attached hydrogens (tertiary/aromatic N) is 6. The van der Waals surface area contributed by atoms with E-state index in [4.69, 9.17) is 0 Å². The molecule has 9 heteroatoms. The number of rotatable bonds is 5. The number of amides is 1. The van der Waals surface area contributed by atoms with Gasteiger partial charge < -0.3 is 15.1 Å². The van der Waals surface area contributed by atoms with Crippen LogP contribution in [0.15, 0.2) is 30.9 Å². The van der Waals surface area contributed by atoms with E-state index in [0.717, 1.165) is 25.9 Å². The molecule has 2 aromatic heterocycles. The molecule has 1 aliphatic carbocycles. The standard InChI is InChI=1S/C20H24FN7O/c21-15-10-25-18(26-11-15)27-12-16-20(13-27,17(29)24-9-14-3-4-14)5-1-8-28(16)19-22-6-2-7-23-19/h2,6-7,10-11,14,16H,1,3-5,8-9,12-13H2,(H,24,29)/t16-,20-/m0/s1. The fourth-order valence-electron chi connectivity index (χ4n) is 4.63. The molecule has 29 heavy (non-hydrogen) atoms. The minimum Gasteiger partial charge on any atom is -0.355 e. The van der Waals surface area contributed by atoms with E-state index in [2.05, 4.69) is 30.2 Å². The van der Waals surface area contributed by atoms with Gasteiger partial charge in [-0.2, -0.15) is 0 Å². The van der Waals surface area contributed by atoms with Gasteiger partial charge in [0.1, 0.15) is 0 Å². The zero-order valence-electron chi connectivity index (χ0n) is 16.2. The zero-order chi connectivity index (χ0) is 19.8. The Labute approximate surface area is 168 Å². The molecular formula is C20H24FN7O. The number of nitrogens with one attached hydrogen (secondary N) is 1. The Morgan fingerprint density at radius 3 is 2.66 bits per heavy atom. The van der Waals surface area contributed by atoms with Crippen LogP contribution in [0.4, 0.5) is 16.3 Å². The number of carbonyl (C=O) groups excluding carboxylic acids is 1. The highest BCUT2D eigenvalue weighted by atomic mass is 19.1. The molecule has 3 fully saturated rings. The monoisotopic (exact) mass is 397 g/mol. The summed E-state index contributed by atoms with van der Waals surface area (Å²) in [6.07, 6.45) is 9.83. The molecule has 5 rings (SSSR count). The lowest BCUT2D eigenvalue weighted by Gasteiger charge is -2.44. The first-order valence-corrected chi connectivity index (χ1v) is 10.2. The Bertz CT molecular complexity index is 876. The van der Waals surface area contributed by atoms with Crippen molar-refractivity contribution in [2.24, 2.45) is 11.3 Å². The Morgan fingerprint density at radius 2 is 1.93 bits per heavy atom. The third-order valence-electron chi connectivity index (χ3n) is 6.30. The van der Waals surface area contributed by atoms with E-state index in [9.17, 15) is 9.18 Å². The molecule has 1 N–H and O–H groups in total. The van der Waals surface area contributed by atoms with Gasteiger partial charge in [0.15, 0.2) is 5.82 Å². The second-order valence-corrected chi connectivity index (χ2v) is 8.25. The van der Waals surface area contributed by atoms with Crippen molar-refractivity contribution in [1.82, 2.24) is 25.3 Å². The van der Waals surface area contributed by atoms with Crippen LogP contribution in [0.3, 0.4) is 0 Å². The second-order valence-electron chi connectivity index (χ2n) is 8.25. The zero-order valence-corrected chi connectivity index (χ0v) is 16.2. The highest BCUT2D eigenvalue weighted by Crippen LogP contribution is 2.44. The van der Waals surface area contributed by atoms with Crippen molar-refractivity contribution in [3.05, 3.63) is 36.7 Å². The van der Waals surface area contributed by atoms with Gasteiger partial charge in [-0.05, 0) is 37.7 Å². The summed E-state index contributed by atoms with van der Waals surface area (Å²) < 4.78 is 13.3. The predicted molar refractivity (Wildman–Crippen MR) is 105 cm³/mol. The number of hydrogen-bond donors (Lipinski definition) is 1. The van der Waals surface area contributed by atoms with Crippen LogP contribution in [0.2, 0.25) is 0 Å². The summed E-state index contributed by atoms with van der Waals surface area (Å²) in [5.74, 6) is 1.31. The summed E-state index contributed by atoms with van der Waals surface area (Å²) >= 11 is 0. The van der Waals surface area contributed by atoms with E-state index in [0.29, 0.717) is 30.9 Å². The number of hydrogen-bond acceptors (Lipinski definition) is 7. The molecule has 1 saturated carbocycles. The first-order valence-electron chi connectivity index (χ1n) is 10.2. The molecule has 0 radical (unpaired) electrons. The molecule has 2 aromatic rings. The molecular weight excluding hydrogens is 373 g/mol. The van der Waals surface area contributed by atoms with Crippen LogP contribution in [0.1, 0.15) is 25.7 Å². The van der Waals surface area contributed by atoms with Crippen molar-refractivity contribution in [2.75, 3.05) is 36.0 Å². The van der Waals surface area contributed by atoms with Gasteiger partial charge in [0.25, 0.3) is 0 Å². The molecule has 0 unspecified atom stereocenters. The highest BCUT2D eigenvalue weighted by molar-refractivity contribution is 5.86. The van der Waals surface area contributed by atoms with Gasteiger partial charge in [-0.1, -0.05) is 0 Å². The van der Waals surface area contributed by atoms with E-state index in [1.165, 1.54) is 25.2 Å². The van der Waals surface area contributed by atoms with E-state index < -0.39 is 11.2 Å². The van der Waals surface area contributed by atoms with Gasteiger partial charge in [-0.25, -0.2) is 24.3 Å². The fourth-order valence-corrected chi connectivity index (χ4v) is 4.63. The van der Waals surface area contributed by atoms with Crippen LogP contribution >= 0.6 is 0 Å². The van der Waals surface area contributed by atoms with Crippen molar-refractivity contribution in [1.29, 1.82) is 0 Å². The van der Waals surface area contributed by atoms with Crippen molar-refractivity contribution < 1.29 is 9.18 Å². The molecule has 2 aliphatic heterocycles. The number of halogens is 1. The van der Waals surface area contributed by atoms with Gasteiger partial charge >= 0.3 is 0 Å². The largest absolute Gasteiger partial charge is 0.355 e. The average molecular weight is 397 g/mol. The molecule has 0 aromatic carbocycles. The average Bonchev–Trinajstić information content (AvgIpc) is 3.50. The van der Waals surface area contributed by atoms with Crippen LogP contribution < -0.4 is 15.1 Å². The topological polar surface area (TPSA) is 87.1 Å². The second kappa shape index (κ2) is 7.20. The summed E-state index contributed by atoms with van der Waals surface area (Å²) in [6.45, 7) is 2.61. The summed E-state index contributed by atoms with van der Waals surface area (Å²) in [7, 11) is 0. The van der Waals surface area contributed by atoms with Crippen molar-refractivity contribution in [2.45, 2.75) is 31.7 Å². The van der Waals surface area contributed by atoms with Crippen molar-refractivity contribution in [3.63, 3.8) is 0 Å². The quantitative estimate of drug-likeness (QED) is 0.816. The lowest BCUT2D eigenvalue weighted by molar-refractivity contribution is -0.131. The number of fused-ring (bicyclic) bond motifs is 1. The van der Waals surface area contributed by atoms with Gasteiger partial charge in [-0.3, -0.25) is 4.79 Å². The molecule has 2 saturated heterocycles. The SMILES string of the molecule is O=C(NCC1CC1)[C@]12CCCN(c3ncccn3)[C@H]1CN(c1ncc(F)cn1)C2. The van der Waals surface area contributed by atoms with Crippen LogP contribution in [-0.4, -0.2) is 58.1 Å². The van der Waals surface area contributed by atoms with Crippen LogP contribution in [0.25, 0.3) is 0 Å². The molecule has 2 atom stereocenters. The number of piperidine rings is 1. The van der Waals surface area contributed by atoms with E-state index in [1.54, 1.807) is 18.5 Å². The molecule has 1 amide bonds. The van der Waals surface area contributed by atoms with E-state index in [1.807, 2.05) is 4.90 Å². The molecule has 152 valence electrons. The third kappa shape index (κ3) is 3.38. The molecule has 0 spiro atoms. The maximum Gasteiger partial charge on any atom is 0.230 e. The molecule has 0 bridgehead atoms. The van der Waals surface area contributed by atoms with E-state index >= 15 is 0 Å². The fraction of sp³-hybridized carbons (Fsp3) is 0.550. The Morgan fingerprint density at radius 1 is 1.17 bits per heavy atom. The smallest absolute Gasteiger partial charge is 0.230 e. The molecule has 4 heterocycles. The number of aromatic nitrogens is 4. The van der Waals surface area contributed by atoms with Gasteiger partial charge in [0.05, 0.1) is 23.9 Å². The Hall–Kier alpha value is -2.84. The predicted octanol–water partition coefficient (Wildman–Crippen LogP) is 1.41. The van der Waals surface area contributed by atoms with Crippen LogP contribution in [0, 0.1) is 17.2 Å². The van der Waals surface area contributed by atoms with Crippen molar-refractivity contribution >= 4 is 17.8 Å². The minimum absolute atomic E-state index is 0.0830. The lowest BCUT2D eigenvalue weighted by Crippen LogP contribution is -2.59. The Balaban J connectivity index is 1.47. The van der Waals surface area contributed by atoms with Gasteiger partial charge in [-0.15, -0.1) is 0 Å².